The number of fused-ring (bicyclic) bond motifs is 1. The van der Waals surface area contributed by atoms with E-state index in [4.69, 9.17) is 0 Å². The topological polar surface area (TPSA) is 30.7 Å². The van der Waals surface area contributed by atoms with Gasteiger partial charge in [-0.1, -0.05) is 58.8 Å². The molecule has 1 heterocycles. The third kappa shape index (κ3) is 2.50. The van der Waals surface area contributed by atoms with Gasteiger partial charge in [0, 0.05) is 0 Å². The molecule has 0 saturated carbocycles. The van der Waals surface area contributed by atoms with Gasteiger partial charge in [0.25, 0.3) is 0 Å². The molecule has 23 heavy (non-hydrogen) atoms. The first-order valence-corrected chi connectivity index (χ1v) is 7.70. The van der Waals surface area contributed by atoms with Gasteiger partial charge in [-0.2, -0.15) is 0 Å². The van der Waals surface area contributed by atoms with Gasteiger partial charge in [0.2, 0.25) is 0 Å². The average Bonchev–Trinajstić information content (AvgIpc) is 2.99. The molecule has 4 aromatic rings. The largest absolute Gasteiger partial charge is 0.213 e. The molecular weight excluding hydrogens is 282 g/mol. The zero-order valence-corrected chi connectivity index (χ0v) is 13.2. The number of benzene rings is 3. The van der Waals surface area contributed by atoms with Crippen LogP contribution in [0.25, 0.3) is 27.8 Å². The summed E-state index contributed by atoms with van der Waals surface area (Å²) in [5.74, 6) is 0. The third-order valence-corrected chi connectivity index (χ3v) is 4.11. The van der Waals surface area contributed by atoms with Crippen LogP contribution in [0.4, 0.5) is 0 Å². The second-order valence-electron chi connectivity index (χ2n) is 5.91. The Morgan fingerprint density at radius 2 is 1.30 bits per heavy atom. The van der Waals surface area contributed by atoms with E-state index in [0.29, 0.717) is 0 Å². The second kappa shape index (κ2) is 5.36. The Morgan fingerprint density at radius 1 is 0.696 bits per heavy atom. The molecule has 4 rings (SSSR count). The maximum atomic E-state index is 4.31. The molecule has 3 heteroatoms. The van der Waals surface area contributed by atoms with Crippen molar-refractivity contribution in [2.24, 2.45) is 0 Å². The lowest BCUT2D eigenvalue weighted by molar-refractivity contribution is 0.824. The van der Waals surface area contributed by atoms with Gasteiger partial charge >= 0.3 is 0 Å². The molecule has 0 bridgehead atoms. The van der Waals surface area contributed by atoms with Crippen molar-refractivity contribution < 1.29 is 0 Å². The van der Waals surface area contributed by atoms with Crippen molar-refractivity contribution in [1.29, 1.82) is 0 Å². The smallest absolute Gasteiger partial charge is 0.113 e. The van der Waals surface area contributed by atoms with Gasteiger partial charge < -0.3 is 0 Å². The summed E-state index contributed by atoms with van der Waals surface area (Å²) in [6.07, 6.45) is 0. The van der Waals surface area contributed by atoms with Crippen molar-refractivity contribution in [3.8, 4) is 16.8 Å². The Balaban J connectivity index is 1.86. The lowest BCUT2D eigenvalue weighted by Crippen LogP contribution is -1.96. The van der Waals surface area contributed by atoms with Crippen molar-refractivity contribution in [2.45, 2.75) is 13.8 Å². The summed E-state index contributed by atoms with van der Waals surface area (Å²) in [6.45, 7) is 4.18. The quantitative estimate of drug-likeness (QED) is 0.537. The van der Waals surface area contributed by atoms with E-state index in [1.165, 1.54) is 22.3 Å². The number of rotatable bonds is 2. The van der Waals surface area contributed by atoms with Crippen LogP contribution in [0.1, 0.15) is 11.1 Å². The van der Waals surface area contributed by atoms with E-state index in [1.807, 2.05) is 10.7 Å². The maximum Gasteiger partial charge on any atom is 0.113 e. The standard InChI is InChI=1S/C20H17N3/c1-14-3-7-16(8-4-14)17-9-12-19-20(13-17)23(22-21-19)18-10-5-15(2)6-11-18/h3-13H,1-2H3. The van der Waals surface area contributed by atoms with Crippen LogP contribution in [0.3, 0.4) is 0 Å². The van der Waals surface area contributed by atoms with Crippen molar-refractivity contribution in [3.63, 3.8) is 0 Å². The van der Waals surface area contributed by atoms with Gasteiger partial charge in [0.05, 0.1) is 11.2 Å². The van der Waals surface area contributed by atoms with Crippen LogP contribution < -0.4 is 0 Å². The zero-order chi connectivity index (χ0) is 15.8. The number of hydrogen-bond donors (Lipinski definition) is 0. The molecule has 3 nitrogen and oxygen atoms in total. The molecule has 0 aliphatic carbocycles. The molecule has 0 N–H and O–H groups in total. The summed E-state index contributed by atoms with van der Waals surface area (Å²) in [5, 5.41) is 8.59. The predicted molar refractivity (Wildman–Crippen MR) is 93.8 cm³/mol. The van der Waals surface area contributed by atoms with Gasteiger partial charge in [-0.05, 0) is 49.2 Å². The average molecular weight is 299 g/mol. The third-order valence-electron chi connectivity index (χ3n) is 4.11. The lowest BCUT2D eigenvalue weighted by atomic mass is 10.0. The van der Waals surface area contributed by atoms with Crippen LogP contribution >= 0.6 is 0 Å². The minimum absolute atomic E-state index is 0.904. The monoisotopic (exact) mass is 299 g/mol. The highest BCUT2D eigenvalue weighted by Crippen LogP contribution is 2.25. The Kier molecular flexibility index (Phi) is 3.19. The van der Waals surface area contributed by atoms with Crippen LogP contribution in [-0.4, -0.2) is 15.0 Å². The molecule has 0 radical (unpaired) electrons. The molecule has 3 aromatic carbocycles. The number of aromatic nitrogens is 3. The summed E-state index contributed by atoms with van der Waals surface area (Å²) in [7, 11) is 0. The molecule has 0 aliphatic rings. The highest BCUT2D eigenvalue weighted by molar-refractivity contribution is 5.82. The molecule has 0 amide bonds. The normalized spacial score (nSPS) is 11.0. The SMILES string of the molecule is Cc1ccc(-c2ccc3nnn(-c4ccc(C)cc4)c3c2)cc1. The minimum atomic E-state index is 0.904. The summed E-state index contributed by atoms with van der Waals surface area (Å²) in [5.41, 5.74) is 7.83. The summed E-state index contributed by atoms with van der Waals surface area (Å²) >= 11 is 0. The van der Waals surface area contributed by atoms with Gasteiger partial charge in [0.15, 0.2) is 0 Å². The maximum absolute atomic E-state index is 4.31. The number of aryl methyl sites for hydroxylation is 2. The van der Waals surface area contributed by atoms with Crippen molar-refractivity contribution >= 4 is 11.0 Å². The first-order chi connectivity index (χ1) is 11.2. The first-order valence-electron chi connectivity index (χ1n) is 7.70. The van der Waals surface area contributed by atoms with Gasteiger partial charge in [0.1, 0.15) is 5.52 Å². The van der Waals surface area contributed by atoms with E-state index in [1.54, 1.807) is 0 Å². The molecule has 0 saturated heterocycles. The lowest BCUT2D eigenvalue weighted by Gasteiger charge is -2.05. The first kappa shape index (κ1) is 13.7. The van der Waals surface area contributed by atoms with Crippen molar-refractivity contribution in [3.05, 3.63) is 77.9 Å². The minimum Gasteiger partial charge on any atom is -0.213 e. The summed E-state index contributed by atoms with van der Waals surface area (Å²) in [4.78, 5) is 0. The number of hydrogen-bond acceptors (Lipinski definition) is 2. The zero-order valence-electron chi connectivity index (χ0n) is 13.2. The summed E-state index contributed by atoms with van der Waals surface area (Å²) in [6, 6.07) is 23.2. The molecule has 1 aromatic heterocycles. The van der Waals surface area contributed by atoms with Crippen LogP contribution in [0.15, 0.2) is 66.7 Å². The molecule has 0 unspecified atom stereocenters. The molecule has 0 aliphatic heterocycles. The summed E-state index contributed by atoms with van der Waals surface area (Å²) < 4.78 is 1.90. The van der Waals surface area contributed by atoms with Crippen molar-refractivity contribution in [2.75, 3.05) is 0 Å². The van der Waals surface area contributed by atoms with E-state index < -0.39 is 0 Å². The fourth-order valence-electron chi connectivity index (χ4n) is 2.72. The van der Waals surface area contributed by atoms with E-state index in [-0.39, 0.29) is 0 Å². The highest BCUT2D eigenvalue weighted by Gasteiger charge is 2.08. The van der Waals surface area contributed by atoms with E-state index in [2.05, 4.69) is 84.8 Å². The Labute approximate surface area is 135 Å². The van der Waals surface area contributed by atoms with E-state index >= 15 is 0 Å². The van der Waals surface area contributed by atoms with Gasteiger partial charge in [-0.15, -0.1) is 5.10 Å². The van der Waals surface area contributed by atoms with Gasteiger partial charge in [-0.3, -0.25) is 0 Å². The van der Waals surface area contributed by atoms with Crippen LogP contribution in [0.2, 0.25) is 0 Å². The molecular formula is C20H17N3. The molecule has 0 fully saturated rings. The Morgan fingerprint density at radius 3 is 2.00 bits per heavy atom. The molecule has 0 spiro atoms. The van der Waals surface area contributed by atoms with Gasteiger partial charge in [-0.25, -0.2) is 4.68 Å². The van der Waals surface area contributed by atoms with Crippen LogP contribution in [-0.2, 0) is 0 Å². The number of nitrogens with zero attached hydrogens (tertiary/aromatic N) is 3. The Bertz CT molecular complexity index is 964. The second-order valence-corrected chi connectivity index (χ2v) is 5.91. The predicted octanol–water partition coefficient (Wildman–Crippen LogP) is 4.70. The van der Waals surface area contributed by atoms with Crippen LogP contribution in [0, 0.1) is 13.8 Å². The van der Waals surface area contributed by atoms with Crippen molar-refractivity contribution in [1.82, 2.24) is 15.0 Å². The van der Waals surface area contributed by atoms with Crippen LogP contribution in [0.5, 0.6) is 0 Å². The highest BCUT2D eigenvalue weighted by atomic mass is 15.4. The fraction of sp³-hybridized carbons (Fsp3) is 0.100. The molecule has 112 valence electrons. The van der Waals surface area contributed by atoms with E-state index in [9.17, 15) is 0 Å². The fourth-order valence-corrected chi connectivity index (χ4v) is 2.72. The van der Waals surface area contributed by atoms with E-state index in [0.717, 1.165) is 16.7 Å². The molecule has 0 atom stereocenters. The Hall–Kier alpha value is -2.94.